The molecule has 1 aromatic heterocycles. The Morgan fingerprint density at radius 2 is 2.21 bits per heavy atom. The maximum absolute atomic E-state index is 13.0. The van der Waals surface area contributed by atoms with Crippen LogP contribution in [0, 0.1) is 17.2 Å². The van der Waals surface area contributed by atoms with Crippen molar-refractivity contribution in [2.75, 3.05) is 19.7 Å². The number of aromatic amines is 1. The van der Waals surface area contributed by atoms with Crippen molar-refractivity contribution in [2.45, 2.75) is 19.3 Å². The lowest BCUT2D eigenvalue weighted by atomic mass is 9.82. The van der Waals surface area contributed by atoms with Crippen LogP contribution in [0.15, 0.2) is 30.3 Å². The zero-order valence-corrected chi connectivity index (χ0v) is 13.3. The van der Waals surface area contributed by atoms with E-state index in [9.17, 15) is 14.3 Å². The largest absolute Gasteiger partial charge is 0.396 e. The smallest absolute Gasteiger partial charge is 0.271 e. The van der Waals surface area contributed by atoms with Crippen molar-refractivity contribution in [3.8, 4) is 11.3 Å². The zero-order valence-electron chi connectivity index (χ0n) is 13.3. The van der Waals surface area contributed by atoms with Gasteiger partial charge in [-0.25, -0.2) is 4.39 Å². The average Bonchev–Trinajstić information content (AvgIpc) is 3.28. The van der Waals surface area contributed by atoms with E-state index in [2.05, 4.69) is 10.2 Å². The molecule has 2 aromatic rings. The van der Waals surface area contributed by atoms with Crippen LogP contribution in [0.25, 0.3) is 11.3 Å². The maximum atomic E-state index is 13.0. The predicted molar refractivity (Wildman–Crippen MR) is 86.7 cm³/mol. The molecule has 1 saturated heterocycles. The summed E-state index contributed by atoms with van der Waals surface area (Å²) < 4.78 is 13.0. The Morgan fingerprint density at radius 3 is 2.92 bits per heavy atom. The third kappa shape index (κ3) is 2.41. The van der Waals surface area contributed by atoms with E-state index in [0.29, 0.717) is 30.4 Å². The first kappa shape index (κ1) is 15.3. The number of aliphatic hydroxyl groups excluding tert-OH is 1. The van der Waals surface area contributed by atoms with Gasteiger partial charge in [0.15, 0.2) is 0 Å². The second-order valence-corrected chi connectivity index (χ2v) is 6.97. The molecule has 0 unspecified atom stereocenters. The van der Waals surface area contributed by atoms with Crippen LogP contribution in [0.5, 0.6) is 0 Å². The summed E-state index contributed by atoms with van der Waals surface area (Å²) in [6.45, 7) is 1.45. The molecular weight excluding hydrogens is 309 g/mol. The zero-order chi connectivity index (χ0) is 16.7. The molecule has 0 spiro atoms. The summed E-state index contributed by atoms with van der Waals surface area (Å²) in [7, 11) is 0. The summed E-state index contributed by atoms with van der Waals surface area (Å²) in [6, 6.07) is 7.73. The number of likely N-dealkylation sites (tertiary alicyclic amines) is 1. The number of carbonyl (C=O) groups excluding carboxylic acids is 1. The molecule has 1 aromatic carbocycles. The number of amides is 1. The molecule has 2 atom stereocenters. The molecule has 1 saturated carbocycles. The molecule has 0 radical (unpaired) electrons. The molecule has 126 valence electrons. The summed E-state index contributed by atoms with van der Waals surface area (Å²) in [5, 5.41) is 16.8. The van der Waals surface area contributed by atoms with Gasteiger partial charge >= 0.3 is 0 Å². The second kappa shape index (κ2) is 5.70. The monoisotopic (exact) mass is 329 g/mol. The van der Waals surface area contributed by atoms with Gasteiger partial charge in [-0.05, 0) is 49.1 Å². The maximum Gasteiger partial charge on any atom is 0.271 e. The summed E-state index contributed by atoms with van der Waals surface area (Å²) in [4.78, 5) is 14.6. The Hall–Kier alpha value is -2.21. The van der Waals surface area contributed by atoms with Crippen molar-refractivity contribution >= 4 is 5.91 Å². The highest BCUT2D eigenvalue weighted by atomic mass is 19.1. The van der Waals surface area contributed by atoms with E-state index in [1.165, 1.54) is 12.1 Å². The van der Waals surface area contributed by atoms with E-state index in [0.717, 1.165) is 24.8 Å². The number of aromatic nitrogens is 2. The van der Waals surface area contributed by atoms with E-state index in [1.807, 2.05) is 4.90 Å². The number of carbonyl (C=O) groups is 1. The molecule has 0 bridgehead atoms. The highest BCUT2D eigenvalue weighted by Gasteiger charge is 2.50. The lowest BCUT2D eigenvalue weighted by molar-refractivity contribution is 0.0729. The number of hydrogen-bond acceptors (Lipinski definition) is 3. The first-order chi connectivity index (χ1) is 11.6. The molecule has 6 heteroatoms. The molecule has 2 fully saturated rings. The number of aliphatic hydroxyl groups is 1. The minimum Gasteiger partial charge on any atom is -0.396 e. The lowest BCUT2D eigenvalue weighted by Crippen LogP contribution is -2.34. The number of fused-ring (bicyclic) bond motifs is 1. The average molecular weight is 329 g/mol. The van der Waals surface area contributed by atoms with Gasteiger partial charge in [0.2, 0.25) is 0 Å². The van der Waals surface area contributed by atoms with Crippen LogP contribution in [0.2, 0.25) is 0 Å². The number of H-pyrrole nitrogens is 1. The van der Waals surface area contributed by atoms with Crippen molar-refractivity contribution < 1.29 is 14.3 Å². The molecule has 5 nitrogen and oxygen atoms in total. The third-order valence-corrected chi connectivity index (χ3v) is 5.59. The first-order valence-electron chi connectivity index (χ1n) is 8.33. The lowest BCUT2D eigenvalue weighted by Gasteiger charge is -2.25. The first-order valence-corrected chi connectivity index (χ1v) is 8.33. The summed E-state index contributed by atoms with van der Waals surface area (Å²) in [6.07, 6.45) is 3.20. The molecule has 24 heavy (non-hydrogen) atoms. The Kier molecular flexibility index (Phi) is 3.64. The van der Waals surface area contributed by atoms with Crippen LogP contribution in [0.3, 0.4) is 0 Å². The van der Waals surface area contributed by atoms with Crippen LogP contribution in [-0.2, 0) is 0 Å². The normalized spacial score (nSPS) is 25.9. The second-order valence-electron chi connectivity index (χ2n) is 6.97. The molecular formula is C18H20FN3O2. The Morgan fingerprint density at radius 1 is 1.42 bits per heavy atom. The molecule has 4 rings (SSSR count). The number of nitrogens with zero attached hydrogens (tertiary/aromatic N) is 2. The van der Waals surface area contributed by atoms with E-state index in [1.54, 1.807) is 18.2 Å². The Balaban J connectivity index is 1.53. The number of nitrogens with one attached hydrogen (secondary N) is 1. The van der Waals surface area contributed by atoms with Crippen LogP contribution >= 0.6 is 0 Å². The summed E-state index contributed by atoms with van der Waals surface area (Å²) in [5.74, 6) is 0.00696. The van der Waals surface area contributed by atoms with E-state index in [4.69, 9.17) is 0 Å². The minimum absolute atomic E-state index is 0.0851. The number of benzene rings is 1. The van der Waals surface area contributed by atoms with Crippen molar-refractivity contribution in [3.63, 3.8) is 0 Å². The quantitative estimate of drug-likeness (QED) is 0.909. The fraction of sp³-hybridized carbons (Fsp3) is 0.444. The number of rotatable bonds is 3. The minimum atomic E-state index is -0.302. The summed E-state index contributed by atoms with van der Waals surface area (Å²) in [5.41, 5.74) is 1.70. The molecule has 1 amide bonds. The van der Waals surface area contributed by atoms with Gasteiger partial charge in [0, 0.05) is 24.1 Å². The highest BCUT2D eigenvalue weighted by Crippen LogP contribution is 2.48. The van der Waals surface area contributed by atoms with Crippen molar-refractivity contribution in [1.29, 1.82) is 0 Å². The number of halogens is 1. The van der Waals surface area contributed by atoms with Crippen LogP contribution in [-0.4, -0.2) is 45.8 Å². The topological polar surface area (TPSA) is 69.2 Å². The van der Waals surface area contributed by atoms with Gasteiger partial charge in [0.1, 0.15) is 11.5 Å². The molecule has 2 heterocycles. The van der Waals surface area contributed by atoms with Gasteiger partial charge in [-0.1, -0.05) is 6.42 Å². The van der Waals surface area contributed by atoms with Gasteiger partial charge in [-0.3, -0.25) is 9.89 Å². The van der Waals surface area contributed by atoms with Crippen LogP contribution < -0.4 is 0 Å². The van der Waals surface area contributed by atoms with E-state index in [-0.39, 0.29) is 23.7 Å². The highest BCUT2D eigenvalue weighted by molar-refractivity contribution is 5.93. The van der Waals surface area contributed by atoms with Gasteiger partial charge < -0.3 is 10.0 Å². The van der Waals surface area contributed by atoms with Crippen molar-refractivity contribution in [2.24, 2.45) is 11.3 Å². The molecule has 1 aliphatic heterocycles. The van der Waals surface area contributed by atoms with Crippen LogP contribution in [0.4, 0.5) is 4.39 Å². The fourth-order valence-corrected chi connectivity index (χ4v) is 4.20. The summed E-state index contributed by atoms with van der Waals surface area (Å²) >= 11 is 0. The van der Waals surface area contributed by atoms with Crippen LogP contribution in [0.1, 0.15) is 29.8 Å². The molecule has 2 N–H and O–H groups in total. The predicted octanol–water partition coefficient (Wildman–Crippen LogP) is 2.45. The standard InChI is InChI=1S/C18H20FN3O2/c19-14-5-3-12(4-6-14)15-8-16(21-20-15)17(24)22-9-13-2-1-7-18(13,10-22)11-23/h3-6,8,13,23H,1-2,7,9-11H2,(H,20,21)/t13-,18+/m1/s1. The Labute approximate surface area is 139 Å². The fourth-order valence-electron chi connectivity index (χ4n) is 4.20. The van der Waals surface area contributed by atoms with Gasteiger partial charge in [-0.2, -0.15) is 5.10 Å². The third-order valence-electron chi connectivity index (χ3n) is 5.59. The molecule has 1 aliphatic carbocycles. The van der Waals surface area contributed by atoms with E-state index < -0.39 is 0 Å². The Bertz CT molecular complexity index is 758. The van der Waals surface area contributed by atoms with Gasteiger partial charge in [0.25, 0.3) is 5.91 Å². The van der Waals surface area contributed by atoms with Gasteiger partial charge in [-0.15, -0.1) is 0 Å². The number of hydrogen-bond donors (Lipinski definition) is 2. The molecule has 2 aliphatic rings. The van der Waals surface area contributed by atoms with Crippen molar-refractivity contribution in [1.82, 2.24) is 15.1 Å². The van der Waals surface area contributed by atoms with Crippen molar-refractivity contribution in [3.05, 3.63) is 41.8 Å². The van der Waals surface area contributed by atoms with Gasteiger partial charge in [0.05, 0.1) is 12.3 Å². The van der Waals surface area contributed by atoms with E-state index >= 15 is 0 Å². The SMILES string of the molecule is O=C(c1cc(-c2ccc(F)cc2)n[nH]1)N1C[C@H]2CCC[C@@]2(CO)C1.